The molecule has 128 valence electrons. The molecule has 1 aliphatic heterocycles. The second kappa shape index (κ2) is 7.34. The Morgan fingerprint density at radius 3 is 2.32 bits per heavy atom. The van der Waals surface area contributed by atoms with Crippen LogP contribution < -0.4 is 15.0 Å². The van der Waals surface area contributed by atoms with Gasteiger partial charge in [-0.3, -0.25) is 0 Å². The van der Waals surface area contributed by atoms with E-state index in [-0.39, 0.29) is 10.6 Å². The molecule has 3 rings (SSSR count). The molecular formula is C20H21N2O3+. The summed E-state index contributed by atoms with van der Waals surface area (Å²) in [6.07, 6.45) is 5.31. The predicted octanol–water partition coefficient (Wildman–Crippen LogP) is 3.97. The number of hydrogen-bond acceptors (Lipinski definition) is 4. The van der Waals surface area contributed by atoms with Crippen LogP contribution in [-0.2, 0) is 4.74 Å². The van der Waals surface area contributed by atoms with Crippen LogP contribution in [0.15, 0.2) is 78.5 Å². The fourth-order valence-corrected chi connectivity index (χ4v) is 2.76. The quantitative estimate of drug-likeness (QED) is 0.858. The summed E-state index contributed by atoms with van der Waals surface area (Å²) in [7, 11) is 1.39. The minimum Gasteiger partial charge on any atom is -0.457 e. The average molecular weight is 337 g/mol. The molecule has 2 aromatic rings. The first-order chi connectivity index (χ1) is 12.2. The maximum Gasteiger partial charge on any atom is 0.525 e. The Hall–Kier alpha value is -2.89. The summed E-state index contributed by atoms with van der Waals surface area (Å²) in [6, 6.07) is 17.0. The molecule has 2 aromatic carbocycles. The molecule has 1 heterocycles. The van der Waals surface area contributed by atoms with Gasteiger partial charge in [-0.1, -0.05) is 18.2 Å². The van der Waals surface area contributed by atoms with Crippen LogP contribution in [0.3, 0.4) is 0 Å². The molecule has 0 fully saturated rings. The second-order valence-electron chi connectivity index (χ2n) is 5.73. The SMILES string of the molecule is COC(=O)[N+]1(c2ccc(Oc3ccccc3)cc2)C=CC(CN)=CC1. The number of methoxy groups -OCH3 is 1. The van der Waals surface area contributed by atoms with Crippen molar-refractivity contribution in [2.24, 2.45) is 5.73 Å². The fraction of sp³-hybridized carbons (Fsp3) is 0.150. The van der Waals surface area contributed by atoms with E-state index in [1.165, 1.54) is 7.11 Å². The van der Waals surface area contributed by atoms with E-state index in [4.69, 9.17) is 15.2 Å². The van der Waals surface area contributed by atoms with E-state index in [9.17, 15) is 4.79 Å². The zero-order valence-electron chi connectivity index (χ0n) is 14.1. The molecule has 0 saturated carbocycles. The average Bonchev–Trinajstić information content (AvgIpc) is 2.69. The molecule has 0 bridgehead atoms. The van der Waals surface area contributed by atoms with Crippen LogP contribution in [-0.4, -0.2) is 26.3 Å². The normalized spacial score (nSPS) is 19.2. The van der Waals surface area contributed by atoms with E-state index in [0.29, 0.717) is 18.8 Å². The molecule has 5 nitrogen and oxygen atoms in total. The van der Waals surface area contributed by atoms with Crippen molar-refractivity contribution in [2.45, 2.75) is 0 Å². The van der Waals surface area contributed by atoms with E-state index < -0.39 is 0 Å². The van der Waals surface area contributed by atoms with Crippen LogP contribution in [0.2, 0.25) is 0 Å². The van der Waals surface area contributed by atoms with Gasteiger partial charge in [0.15, 0.2) is 0 Å². The number of para-hydroxylation sites is 1. The van der Waals surface area contributed by atoms with Crippen molar-refractivity contribution in [1.82, 2.24) is 4.48 Å². The smallest absolute Gasteiger partial charge is 0.457 e. The summed E-state index contributed by atoms with van der Waals surface area (Å²) in [6.45, 7) is 0.913. The maximum absolute atomic E-state index is 12.5. The molecule has 0 aromatic heterocycles. The zero-order chi connectivity index (χ0) is 17.7. The van der Waals surface area contributed by atoms with Crippen LogP contribution in [0.5, 0.6) is 11.5 Å². The number of benzene rings is 2. The van der Waals surface area contributed by atoms with Gasteiger partial charge in [-0.05, 0) is 42.0 Å². The first kappa shape index (κ1) is 17.0. The molecule has 0 spiro atoms. The van der Waals surface area contributed by atoms with E-state index in [1.807, 2.05) is 72.9 Å². The van der Waals surface area contributed by atoms with Crippen molar-refractivity contribution in [2.75, 3.05) is 20.2 Å². The lowest BCUT2D eigenvalue weighted by Gasteiger charge is -2.30. The molecular weight excluding hydrogens is 316 g/mol. The number of ether oxygens (including phenoxy) is 2. The van der Waals surface area contributed by atoms with Crippen LogP contribution in [0, 0.1) is 0 Å². The van der Waals surface area contributed by atoms with Gasteiger partial charge in [0.2, 0.25) is 0 Å². The van der Waals surface area contributed by atoms with Crippen molar-refractivity contribution >= 4 is 11.8 Å². The minimum atomic E-state index is -0.347. The molecule has 0 aliphatic carbocycles. The van der Waals surface area contributed by atoms with Gasteiger partial charge in [0.05, 0.1) is 7.11 Å². The molecule has 0 saturated heterocycles. The molecule has 2 N–H and O–H groups in total. The standard InChI is InChI=1S/C20H21N2O3/c1-24-20(23)22(13-11-16(15-21)12-14-22)17-7-9-19(10-8-17)25-18-5-3-2-4-6-18/h2-13H,14-15,21H2,1H3/q+1. The fourth-order valence-electron chi connectivity index (χ4n) is 2.76. The molecule has 1 atom stereocenters. The Morgan fingerprint density at radius 1 is 1.08 bits per heavy atom. The molecule has 1 unspecified atom stereocenters. The third-order valence-electron chi connectivity index (χ3n) is 4.20. The van der Waals surface area contributed by atoms with Gasteiger partial charge in [0.1, 0.15) is 29.9 Å². The predicted molar refractivity (Wildman–Crippen MR) is 98.3 cm³/mol. The Bertz CT molecular complexity index is 797. The van der Waals surface area contributed by atoms with Gasteiger partial charge in [-0.15, -0.1) is 0 Å². The van der Waals surface area contributed by atoms with Crippen molar-refractivity contribution in [3.05, 3.63) is 78.5 Å². The summed E-state index contributed by atoms with van der Waals surface area (Å²) in [5.74, 6) is 1.47. The third-order valence-corrected chi connectivity index (χ3v) is 4.20. The maximum atomic E-state index is 12.5. The molecule has 1 amide bonds. The van der Waals surface area contributed by atoms with E-state index >= 15 is 0 Å². The molecule has 25 heavy (non-hydrogen) atoms. The lowest BCUT2D eigenvalue weighted by Crippen LogP contribution is -2.50. The number of quaternary nitrogens is 1. The van der Waals surface area contributed by atoms with Crippen LogP contribution in [0.25, 0.3) is 0 Å². The van der Waals surface area contributed by atoms with Gasteiger partial charge in [-0.25, -0.2) is 0 Å². The Kier molecular flexibility index (Phi) is 4.97. The lowest BCUT2D eigenvalue weighted by molar-refractivity contribution is 0.143. The first-order valence-corrected chi connectivity index (χ1v) is 8.06. The monoisotopic (exact) mass is 337 g/mol. The zero-order valence-corrected chi connectivity index (χ0v) is 14.1. The van der Waals surface area contributed by atoms with Crippen molar-refractivity contribution < 1.29 is 14.3 Å². The summed E-state index contributed by atoms with van der Waals surface area (Å²) in [5, 5.41) is 0. The van der Waals surface area contributed by atoms with Gasteiger partial charge in [0, 0.05) is 18.7 Å². The number of nitrogens with zero attached hydrogens (tertiary/aromatic N) is 1. The highest BCUT2D eigenvalue weighted by Crippen LogP contribution is 2.31. The highest BCUT2D eigenvalue weighted by molar-refractivity contribution is 5.85. The number of carbonyl (C=O) groups is 1. The van der Waals surface area contributed by atoms with Gasteiger partial charge in [0.25, 0.3) is 0 Å². The van der Waals surface area contributed by atoms with Crippen molar-refractivity contribution in [3.8, 4) is 11.5 Å². The second-order valence-corrected chi connectivity index (χ2v) is 5.73. The summed E-state index contributed by atoms with van der Waals surface area (Å²) in [4.78, 5) is 12.5. The topological polar surface area (TPSA) is 61.5 Å². The number of carbonyl (C=O) groups excluding carboxylic acids is 1. The van der Waals surface area contributed by atoms with Crippen molar-refractivity contribution in [3.63, 3.8) is 0 Å². The summed E-state index contributed by atoms with van der Waals surface area (Å²) >= 11 is 0. The van der Waals surface area contributed by atoms with Gasteiger partial charge >= 0.3 is 6.09 Å². The first-order valence-electron chi connectivity index (χ1n) is 8.06. The Balaban J connectivity index is 1.87. The number of nitrogens with two attached hydrogens (primary N) is 1. The largest absolute Gasteiger partial charge is 0.525 e. The van der Waals surface area contributed by atoms with Crippen molar-refractivity contribution in [1.29, 1.82) is 0 Å². The summed E-state index contributed by atoms with van der Waals surface area (Å²) in [5.41, 5.74) is 7.48. The van der Waals surface area contributed by atoms with Gasteiger partial charge in [-0.2, -0.15) is 9.28 Å². The third kappa shape index (κ3) is 3.47. The molecule has 0 radical (unpaired) electrons. The highest BCUT2D eigenvalue weighted by atomic mass is 16.5. The molecule has 5 heteroatoms. The highest BCUT2D eigenvalue weighted by Gasteiger charge is 2.39. The lowest BCUT2D eigenvalue weighted by atomic mass is 10.1. The van der Waals surface area contributed by atoms with E-state index in [2.05, 4.69) is 0 Å². The van der Waals surface area contributed by atoms with Gasteiger partial charge < -0.3 is 15.2 Å². The Morgan fingerprint density at radius 2 is 1.76 bits per heavy atom. The number of amides is 1. The number of rotatable bonds is 4. The van der Waals surface area contributed by atoms with Crippen LogP contribution >= 0.6 is 0 Å². The summed E-state index contributed by atoms with van der Waals surface area (Å²) < 4.78 is 10.8. The van der Waals surface area contributed by atoms with Crippen LogP contribution in [0.4, 0.5) is 10.5 Å². The Labute approximate surface area is 147 Å². The van der Waals surface area contributed by atoms with E-state index in [1.54, 1.807) is 0 Å². The van der Waals surface area contributed by atoms with E-state index in [0.717, 1.165) is 17.0 Å². The molecule has 1 aliphatic rings. The number of hydrogen-bond donors (Lipinski definition) is 1. The van der Waals surface area contributed by atoms with Crippen LogP contribution in [0.1, 0.15) is 0 Å². The minimum absolute atomic E-state index is 0.0361.